The SMILES string of the molecule is COc1ccc(S(=O)(=O)N2CCCC(C(=O)NCCSc3n[nH]c(C)n3)C2)cc1OC. The predicted molar refractivity (Wildman–Crippen MR) is 116 cm³/mol. The maximum Gasteiger partial charge on any atom is 0.243 e. The average Bonchev–Trinajstić information content (AvgIpc) is 3.21. The number of carbonyl (C=O) groups excluding carboxylic acids is 1. The van der Waals surface area contributed by atoms with E-state index in [4.69, 9.17) is 9.47 Å². The first-order valence-corrected chi connectivity index (χ1v) is 12.3. The number of benzene rings is 1. The summed E-state index contributed by atoms with van der Waals surface area (Å²) >= 11 is 1.44. The number of hydrogen-bond acceptors (Lipinski definition) is 8. The van der Waals surface area contributed by atoms with Crippen molar-refractivity contribution in [2.45, 2.75) is 29.8 Å². The molecule has 10 nitrogen and oxygen atoms in total. The Bertz CT molecular complexity index is 1010. The van der Waals surface area contributed by atoms with Crippen molar-refractivity contribution in [2.24, 2.45) is 5.92 Å². The lowest BCUT2D eigenvalue weighted by atomic mass is 9.99. The molecule has 1 aliphatic rings. The zero-order valence-electron chi connectivity index (χ0n) is 17.8. The maximum atomic E-state index is 13.1. The molecule has 0 spiro atoms. The molecule has 12 heteroatoms. The minimum Gasteiger partial charge on any atom is -0.493 e. The van der Waals surface area contributed by atoms with E-state index < -0.39 is 10.0 Å². The number of sulfonamides is 1. The lowest BCUT2D eigenvalue weighted by Gasteiger charge is -2.31. The fourth-order valence-corrected chi connectivity index (χ4v) is 5.59. The minimum absolute atomic E-state index is 0.115. The van der Waals surface area contributed by atoms with Gasteiger partial charge in [-0.2, -0.15) is 4.31 Å². The molecule has 1 aromatic carbocycles. The highest BCUT2D eigenvalue weighted by atomic mass is 32.2. The highest BCUT2D eigenvalue weighted by Gasteiger charge is 2.33. The number of methoxy groups -OCH3 is 2. The van der Waals surface area contributed by atoms with Gasteiger partial charge in [-0.05, 0) is 31.9 Å². The van der Waals surface area contributed by atoms with Crippen LogP contribution in [0.2, 0.25) is 0 Å². The van der Waals surface area contributed by atoms with Gasteiger partial charge in [0.1, 0.15) is 5.82 Å². The van der Waals surface area contributed by atoms with Gasteiger partial charge in [-0.25, -0.2) is 13.4 Å². The number of aromatic amines is 1. The summed E-state index contributed by atoms with van der Waals surface area (Å²) in [6, 6.07) is 4.50. The summed E-state index contributed by atoms with van der Waals surface area (Å²) in [5.41, 5.74) is 0. The highest BCUT2D eigenvalue weighted by Crippen LogP contribution is 2.32. The quantitative estimate of drug-likeness (QED) is 0.417. The number of amides is 1. The summed E-state index contributed by atoms with van der Waals surface area (Å²) in [5.74, 6) is 1.64. The molecule has 0 radical (unpaired) electrons. The van der Waals surface area contributed by atoms with Gasteiger partial charge in [0.05, 0.1) is 25.0 Å². The first-order chi connectivity index (χ1) is 14.8. The van der Waals surface area contributed by atoms with E-state index in [1.54, 1.807) is 6.07 Å². The number of aryl methyl sites for hydroxylation is 1. The van der Waals surface area contributed by atoms with Crippen molar-refractivity contribution in [2.75, 3.05) is 39.6 Å². The van der Waals surface area contributed by atoms with E-state index in [2.05, 4.69) is 20.5 Å². The zero-order chi connectivity index (χ0) is 22.4. The molecule has 0 aliphatic carbocycles. The number of thioether (sulfide) groups is 1. The fourth-order valence-electron chi connectivity index (χ4n) is 3.35. The Balaban J connectivity index is 1.58. The van der Waals surface area contributed by atoms with Crippen LogP contribution in [0.1, 0.15) is 18.7 Å². The molecule has 1 fully saturated rings. The monoisotopic (exact) mass is 469 g/mol. The molecule has 31 heavy (non-hydrogen) atoms. The van der Waals surface area contributed by atoms with Crippen molar-refractivity contribution in [1.29, 1.82) is 0 Å². The third kappa shape index (κ3) is 5.69. The number of carbonyl (C=O) groups is 1. The van der Waals surface area contributed by atoms with Crippen molar-refractivity contribution < 1.29 is 22.7 Å². The second kappa shape index (κ2) is 10.3. The van der Waals surface area contributed by atoms with Crippen LogP contribution in [0.3, 0.4) is 0 Å². The lowest BCUT2D eigenvalue weighted by Crippen LogP contribution is -2.45. The average molecular weight is 470 g/mol. The first kappa shape index (κ1) is 23.4. The summed E-state index contributed by atoms with van der Waals surface area (Å²) in [6.45, 7) is 2.80. The van der Waals surface area contributed by atoms with Gasteiger partial charge >= 0.3 is 0 Å². The molecule has 170 valence electrons. The van der Waals surface area contributed by atoms with Crippen LogP contribution in [0.15, 0.2) is 28.3 Å². The van der Waals surface area contributed by atoms with E-state index in [0.29, 0.717) is 48.3 Å². The van der Waals surface area contributed by atoms with Crippen LogP contribution in [-0.4, -0.2) is 73.4 Å². The van der Waals surface area contributed by atoms with Crippen LogP contribution in [0.5, 0.6) is 11.5 Å². The highest BCUT2D eigenvalue weighted by molar-refractivity contribution is 7.99. The molecule has 0 bridgehead atoms. The molecule has 1 amide bonds. The Morgan fingerprint density at radius 2 is 2.10 bits per heavy atom. The number of hydrogen-bond donors (Lipinski definition) is 2. The second-order valence-electron chi connectivity index (χ2n) is 7.06. The number of rotatable bonds is 9. The minimum atomic E-state index is -3.75. The molecule has 1 atom stereocenters. The van der Waals surface area contributed by atoms with Gasteiger partial charge in [-0.15, -0.1) is 5.10 Å². The molecule has 2 aromatic rings. The van der Waals surface area contributed by atoms with E-state index in [0.717, 1.165) is 5.82 Å². The van der Waals surface area contributed by atoms with Gasteiger partial charge in [-0.3, -0.25) is 9.89 Å². The molecular weight excluding hydrogens is 442 g/mol. The van der Waals surface area contributed by atoms with E-state index >= 15 is 0 Å². The van der Waals surface area contributed by atoms with Gasteiger partial charge in [0, 0.05) is 31.5 Å². The van der Waals surface area contributed by atoms with Crippen molar-refractivity contribution in [1.82, 2.24) is 24.8 Å². The number of ether oxygens (including phenoxy) is 2. The van der Waals surface area contributed by atoms with E-state index in [-0.39, 0.29) is 23.3 Å². The Kier molecular flexibility index (Phi) is 7.79. The van der Waals surface area contributed by atoms with Crippen LogP contribution in [0, 0.1) is 12.8 Å². The van der Waals surface area contributed by atoms with Gasteiger partial charge in [0.25, 0.3) is 0 Å². The molecule has 2 N–H and O–H groups in total. The third-order valence-corrected chi connectivity index (χ3v) is 7.67. The van der Waals surface area contributed by atoms with Crippen molar-refractivity contribution in [3.8, 4) is 11.5 Å². The Labute approximate surface area is 186 Å². The molecular formula is C19H27N5O5S2. The van der Waals surface area contributed by atoms with Crippen molar-refractivity contribution in [3.63, 3.8) is 0 Å². The third-order valence-electron chi connectivity index (χ3n) is 4.96. The first-order valence-electron chi connectivity index (χ1n) is 9.87. The number of H-pyrrole nitrogens is 1. The predicted octanol–water partition coefficient (Wildman–Crippen LogP) is 1.44. The topological polar surface area (TPSA) is 127 Å². The number of nitrogens with zero attached hydrogens (tertiary/aromatic N) is 3. The van der Waals surface area contributed by atoms with E-state index in [9.17, 15) is 13.2 Å². The Hall–Kier alpha value is -2.31. The van der Waals surface area contributed by atoms with Crippen LogP contribution in [0.25, 0.3) is 0 Å². The standard InChI is InChI=1S/C19H27N5O5S2/c1-13-21-19(23-22-13)30-10-8-20-18(25)14-5-4-9-24(12-14)31(26,27)15-6-7-16(28-2)17(11-15)29-3/h6-7,11,14H,4-5,8-10,12H2,1-3H3,(H,20,25)(H,21,22,23). The summed E-state index contributed by atoms with van der Waals surface area (Å²) in [5, 5.41) is 10.3. The normalized spacial score (nSPS) is 17.3. The smallest absolute Gasteiger partial charge is 0.243 e. The van der Waals surface area contributed by atoms with E-state index in [1.165, 1.54) is 42.4 Å². The largest absolute Gasteiger partial charge is 0.493 e. The van der Waals surface area contributed by atoms with Gasteiger partial charge in [-0.1, -0.05) is 11.8 Å². The number of nitrogens with one attached hydrogen (secondary N) is 2. The number of piperidine rings is 1. The zero-order valence-corrected chi connectivity index (χ0v) is 19.4. The number of aromatic nitrogens is 3. The summed E-state index contributed by atoms with van der Waals surface area (Å²) < 4.78 is 38.0. The molecule has 1 saturated heterocycles. The van der Waals surface area contributed by atoms with Crippen molar-refractivity contribution in [3.05, 3.63) is 24.0 Å². The molecule has 1 aromatic heterocycles. The Morgan fingerprint density at radius 3 is 2.77 bits per heavy atom. The lowest BCUT2D eigenvalue weighted by molar-refractivity contribution is -0.125. The second-order valence-corrected chi connectivity index (χ2v) is 10.1. The van der Waals surface area contributed by atoms with Crippen LogP contribution in [0.4, 0.5) is 0 Å². The van der Waals surface area contributed by atoms with Crippen LogP contribution >= 0.6 is 11.8 Å². The molecule has 0 saturated carbocycles. The van der Waals surface area contributed by atoms with Gasteiger partial charge in [0.2, 0.25) is 21.1 Å². The van der Waals surface area contributed by atoms with Gasteiger partial charge in [0.15, 0.2) is 11.5 Å². The summed E-state index contributed by atoms with van der Waals surface area (Å²) in [6.07, 6.45) is 1.27. The maximum absolute atomic E-state index is 13.1. The summed E-state index contributed by atoms with van der Waals surface area (Å²) in [7, 11) is -0.805. The van der Waals surface area contributed by atoms with Crippen LogP contribution < -0.4 is 14.8 Å². The van der Waals surface area contributed by atoms with Gasteiger partial charge < -0.3 is 14.8 Å². The van der Waals surface area contributed by atoms with Crippen LogP contribution in [-0.2, 0) is 14.8 Å². The van der Waals surface area contributed by atoms with E-state index in [1.807, 2.05) is 6.92 Å². The Morgan fingerprint density at radius 1 is 1.32 bits per heavy atom. The molecule has 3 rings (SSSR count). The van der Waals surface area contributed by atoms with Crippen molar-refractivity contribution >= 4 is 27.7 Å². The molecule has 2 heterocycles. The molecule has 1 aliphatic heterocycles. The molecule has 1 unspecified atom stereocenters. The fraction of sp³-hybridized carbons (Fsp3) is 0.526. The summed E-state index contributed by atoms with van der Waals surface area (Å²) in [4.78, 5) is 16.9.